The van der Waals surface area contributed by atoms with Crippen molar-refractivity contribution in [2.45, 2.75) is 36.8 Å². The molecule has 0 bridgehead atoms. The summed E-state index contributed by atoms with van der Waals surface area (Å²) in [4.78, 5) is 7.45. The second kappa shape index (κ2) is 10.6. The summed E-state index contributed by atoms with van der Waals surface area (Å²) in [5, 5.41) is 0. The van der Waals surface area contributed by atoms with Crippen molar-refractivity contribution in [1.82, 2.24) is 4.90 Å². The van der Waals surface area contributed by atoms with Crippen LogP contribution in [0, 0.1) is 0 Å². The molecule has 0 spiro atoms. The Morgan fingerprint density at radius 3 is 2.18 bits per heavy atom. The highest BCUT2D eigenvalue weighted by Gasteiger charge is 2.39. The second-order valence-electron chi connectivity index (χ2n) is 13.0. The van der Waals surface area contributed by atoms with Gasteiger partial charge in [-0.25, -0.2) is 0 Å². The van der Waals surface area contributed by atoms with E-state index in [-0.39, 0.29) is 0 Å². The Labute approximate surface area is 266 Å². The van der Waals surface area contributed by atoms with Crippen molar-refractivity contribution in [1.29, 1.82) is 0 Å². The van der Waals surface area contributed by atoms with Crippen molar-refractivity contribution in [3.05, 3.63) is 168 Å². The maximum absolute atomic E-state index is 2.60. The van der Waals surface area contributed by atoms with Gasteiger partial charge >= 0.3 is 0 Å². The maximum atomic E-state index is 2.60. The fraction of sp³-hybridized carbons (Fsp3) is 0.190. The average molecular weight is 584 g/mol. The van der Waals surface area contributed by atoms with E-state index in [0.717, 1.165) is 13.0 Å². The minimum Gasteiger partial charge on any atom is -0.376 e. The summed E-state index contributed by atoms with van der Waals surface area (Å²) in [5.74, 6) is 0.856. The van der Waals surface area contributed by atoms with Crippen LogP contribution in [-0.4, -0.2) is 30.6 Å². The van der Waals surface area contributed by atoms with Crippen LogP contribution < -0.4 is 9.80 Å². The van der Waals surface area contributed by atoms with Crippen LogP contribution in [0.4, 0.5) is 22.7 Å². The van der Waals surface area contributed by atoms with Crippen LogP contribution in [0.2, 0.25) is 0 Å². The Hall–Kier alpha value is -5.02. The highest BCUT2D eigenvalue weighted by atomic mass is 15.2. The Morgan fingerprint density at radius 2 is 1.33 bits per heavy atom. The first-order chi connectivity index (χ1) is 22.2. The van der Waals surface area contributed by atoms with E-state index in [0.29, 0.717) is 23.9 Å². The van der Waals surface area contributed by atoms with Gasteiger partial charge in [0.1, 0.15) is 0 Å². The van der Waals surface area contributed by atoms with Gasteiger partial charge in [-0.3, -0.25) is 0 Å². The predicted octanol–water partition coefficient (Wildman–Crippen LogP) is 9.74. The Bertz CT molecular complexity index is 1960. The fourth-order valence-corrected chi connectivity index (χ4v) is 8.35. The number of rotatable bonds is 4. The van der Waals surface area contributed by atoms with E-state index < -0.39 is 0 Å². The first-order valence-corrected chi connectivity index (χ1v) is 16.3. The normalized spacial score (nSPS) is 24.2. The predicted molar refractivity (Wildman–Crippen MR) is 188 cm³/mol. The van der Waals surface area contributed by atoms with Crippen LogP contribution in [0.5, 0.6) is 0 Å². The van der Waals surface area contributed by atoms with Gasteiger partial charge in [-0.1, -0.05) is 97.1 Å². The molecule has 0 amide bonds. The zero-order valence-corrected chi connectivity index (χ0v) is 25.6. The molecule has 0 radical (unpaired) electrons. The van der Waals surface area contributed by atoms with Gasteiger partial charge in [-0.05, 0) is 88.7 Å². The Balaban J connectivity index is 1.06. The van der Waals surface area contributed by atoms with Crippen LogP contribution in [0.1, 0.15) is 46.9 Å². The monoisotopic (exact) mass is 583 g/mol. The summed E-state index contributed by atoms with van der Waals surface area (Å²) in [6.07, 6.45) is 20.9. The van der Waals surface area contributed by atoms with Crippen molar-refractivity contribution in [2.75, 3.05) is 23.4 Å². The van der Waals surface area contributed by atoms with Crippen LogP contribution in [0.3, 0.4) is 0 Å². The lowest BCUT2D eigenvalue weighted by Gasteiger charge is -2.32. The molecule has 0 fully saturated rings. The number of hydrogen-bond donors (Lipinski definition) is 0. The molecular formula is C42H37N3. The number of para-hydroxylation sites is 2. The van der Waals surface area contributed by atoms with Crippen LogP contribution in [-0.2, 0) is 0 Å². The van der Waals surface area contributed by atoms with E-state index in [9.17, 15) is 0 Å². The molecule has 0 N–H and O–H groups in total. The number of fused-ring (bicyclic) bond motifs is 6. The molecule has 3 heterocycles. The van der Waals surface area contributed by atoms with Crippen molar-refractivity contribution in [3.63, 3.8) is 0 Å². The second-order valence-corrected chi connectivity index (χ2v) is 13.0. The van der Waals surface area contributed by atoms with Crippen molar-refractivity contribution < 1.29 is 0 Å². The SMILES string of the molecule is CN1C=C(c2cccc(N3c4ccccc4C4C=CCCC43)c2)C=C(c2cccc(N3c4ccccc4C4C=CC=CC43)c2)C1. The van der Waals surface area contributed by atoms with Crippen molar-refractivity contribution >= 4 is 33.9 Å². The third-order valence-corrected chi connectivity index (χ3v) is 10.3. The lowest BCUT2D eigenvalue weighted by Crippen LogP contribution is -2.30. The third-order valence-electron chi connectivity index (χ3n) is 10.3. The molecule has 5 aliphatic rings. The molecule has 3 nitrogen and oxygen atoms in total. The third kappa shape index (κ3) is 4.33. The number of nitrogens with zero attached hydrogens (tertiary/aromatic N) is 3. The van der Waals surface area contributed by atoms with Crippen LogP contribution in [0.15, 0.2) is 146 Å². The molecular weight excluding hydrogens is 546 g/mol. The molecule has 0 aromatic heterocycles. The molecule has 45 heavy (non-hydrogen) atoms. The number of allylic oxidation sites excluding steroid dienone is 5. The summed E-state index contributed by atoms with van der Waals surface area (Å²) in [7, 11) is 2.19. The number of hydrogen-bond acceptors (Lipinski definition) is 3. The minimum absolute atomic E-state index is 0.304. The van der Waals surface area contributed by atoms with Gasteiger partial charge in [-0.15, -0.1) is 0 Å². The van der Waals surface area contributed by atoms with Crippen LogP contribution >= 0.6 is 0 Å². The summed E-state index contributed by atoms with van der Waals surface area (Å²) < 4.78 is 0. The van der Waals surface area contributed by atoms with E-state index in [2.05, 4.69) is 168 Å². The van der Waals surface area contributed by atoms with Crippen molar-refractivity contribution in [3.8, 4) is 0 Å². The topological polar surface area (TPSA) is 9.72 Å². The molecule has 9 rings (SSSR count). The van der Waals surface area contributed by atoms with E-state index in [1.165, 1.54) is 62.6 Å². The molecule has 3 aliphatic heterocycles. The minimum atomic E-state index is 0.304. The quantitative estimate of drug-likeness (QED) is 0.222. The van der Waals surface area contributed by atoms with Gasteiger partial charge in [0.25, 0.3) is 0 Å². The van der Waals surface area contributed by atoms with Gasteiger partial charge < -0.3 is 14.7 Å². The van der Waals surface area contributed by atoms with E-state index >= 15 is 0 Å². The van der Waals surface area contributed by atoms with Gasteiger partial charge in [0.15, 0.2) is 0 Å². The molecule has 4 unspecified atom stereocenters. The fourth-order valence-electron chi connectivity index (χ4n) is 8.35. The zero-order chi connectivity index (χ0) is 29.9. The highest BCUT2D eigenvalue weighted by Crippen LogP contribution is 2.50. The van der Waals surface area contributed by atoms with Crippen molar-refractivity contribution in [2.24, 2.45) is 0 Å². The highest BCUT2D eigenvalue weighted by molar-refractivity contribution is 5.89. The standard InChI is InChI=1S/C42H37N3/c1-43-27-31(29-12-10-14-33(25-29)44-39-20-6-2-16-35(39)36-17-3-7-21-40(36)44)24-32(28-43)30-13-11-15-34(26-30)45-41-22-8-4-18-37(41)38-19-5-9-23-42(38)45/h2-8,10-22,24-26,28,35,38-39,42H,9,23,27H2,1H3. The number of benzene rings is 4. The Kier molecular flexibility index (Phi) is 6.19. The lowest BCUT2D eigenvalue weighted by molar-refractivity contribution is 0.515. The summed E-state index contributed by atoms with van der Waals surface area (Å²) in [5.41, 5.74) is 13.2. The molecule has 4 aromatic rings. The average Bonchev–Trinajstić information content (AvgIpc) is 3.61. The smallest absolute Gasteiger partial charge is 0.0629 e. The molecule has 2 aliphatic carbocycles. The van der Waals surface area contributed by atoms with E-state index in [1.54, 1.807) is 0 Å². The summed E-state index contributed by atoms with van der Waals surface area (Å²) >= 11 is 0. The number of anilines is 4. The van der Waals surface area contributed by atoms with E-state index in [1.807, 2.05) is 0 Å². The molecule has 4 atom stereocenters. The Morgan fingerprint density at radius 1 is 0.644 bits per heavy atom. The number of likely N-dealkylation sites (N-methyl/N-ethyl adjacent to an activating group) is 1. The molecule has 4 aromatic carbocycles. The zero-order valence-electron chi connectivity index (χ0n) is 25.6. The first kappa shape index (κ1) is 26.4. The molecule has 0 saturated heterocycles. The summed E-state index contributed by atoms with van der Waals surface area (Å²) in [6.45, 7) is 0.882. The summed E-state index contributed by atoms with van der Waals surface area (Å²) in [6, 6.07) is 37.0. The lowest BCUT2D eigenvalue weighted by atomic mass is 9.87. The van der Waals surface area contributed by atoms with Gasteiger partial charge in [0.05, 0.1) is 6.04 Å². The van der Waals surface area contributed by atoms with Crippen LogP contribution in [0.25, 0.3) is 11.1 Å². The van der Waals surface area contributed by atoms with E-state index in [4.69, 9.17) is 0 Å². The molecule has 0 saturated carbocycles. The van der Waals surface area contributed by atoms with Gasteiger partial charge in [0, 0.05) is 60.4 Å². The maximum Gasteiger partial charge on any atom is 0.0629 e. The molecule has 220 valence electrons. The van der Waals surface area contributed by atoms with Gasteiger partial charge in [0.2, 0.25) is 0 Å². The molecule has 3 heteroatoms. The van der Waals surface area contributed by atoms with Gasteiger partial charge in [-0.2, -0.15) is 0 Å². The largest absolute Gasteiger partial charge is 0.376 e. The first-order valence-electron chi connectivity index (χ1n) is 16.3.